The quantitative estimate of drug-likeness (QED) is 0.687. The highest BCUT2D eigenvalue weighted by Gasteiger charge is 2.30. The van der Waals surface area contributed by atoms with Gasteiger partial charge in [-0.1, -0.05) is 12.1 Å². The summed E-state index contributed by atoms with van der Waals surface area (Å²) < 4.78 is 40.4. The summed E-state index contributed by atoms with van der Waals surface area (Å²) in [6.45, 7) is 2.04. The van der Waals surface area contributed by atoms with Gasteiger partial charge in [-0.2, -0.15) is 18.3 Å². The Bertz CT molecular complexity index is 1020. The van der Waals surface area contributed by atoms with Crippen molar-refractivity contribution in [2.45, 2.75) is 25.6 Å². The molecule has 1 aliphatic heterocycles. The molecular formula is C20H17F3N4. The van der Waals surface area contributed by atoms with Gasteiger partial charge >= 0.3 is 6.18 Å². The summed E-state index contributed by atoms with van der Waals surface area (Å²) in [5, 5.41) is 4.48. The second-order valence-corrected chi connectivity index (χ2v) is 6.66. The number of hydrogen-bond acceptors (Lipinski definition) is 3. The number of hydrogen-bond donors (Lipinski definition) is 1. The maximum atomic E-state index is 12.8. The third-order valence-electron chi connectivity index (χ3n) is 4.75. The first kappa shape index (κ1) is 17.3. The number of fused-ring (bicyclic) bond motifs is 1. The number of anilines is 1. The standard InChI is InChI=1S/C20H17F3N4/c1-12-8-15(13-2-4-16(5-3-13)20(21,22)23)9-18-17(11-26-27(12)18)14-6-7-25-19(24)10-14/h2-7,9-12H,8H2,1H3,(H2,24,25)/t12-/m0/s1. The van der Waals surface area contributed by atoms with Crippen LogP contribution in [0.3, 0.4) is 0 Å². The minimum Gasteiger partial charge on any atom is -0.384 e. The zero-order valence-corrected chi connectivity index (χ0v) is 14.5. The molecule has 4 nitrogen and oxygen atoms in total. The third kappa shape index (κ3) is 3.20. The Morgan fingerprint density at radius 3 is 2.52 bits per heavy atom. The highest BCUT2D eigenvalue weighted by atomic mass is 19.4. The van der Waals surface area contributed by atoms with Crippen molar-refractivity contribution >= 4 is 17.5 Å². The lowest BCUT2D eigenvalue weighted by Crippen LogP contribution is -2.14. The van der Waals surface area contributed by atoms with Crippen LogP contribution in [0.5, 0.6) is 0 Å². The molecule has 0 bridgehead atoms. The number of aromatic nitrogens is 3. The summed E-state index contributed by atoms with van der Waals surface area (Å²) in [5.74, 6) is 0.420. The van der Waals surface area contributed by atoms with E-state index in [1.165, 1.54) is 12.1 Å². The molecule has 0 saturated carbocycles. The molecule has 0 unspecified atom stereocenters. The minimum absolute atomic E-state index is 0.0928. The highest BCUT2D eigenvalue weighted by Crippen LogP contribution is 2.38. The molecule has 3 heterocycles. The molecule has 0 saturated heterocycles. The Labute approximate surface area is 154 Å². The van der Waals surface area contributed by atoms with Gasteiger partial charge in [0.05, 0.1) is 23.5 Å². The summed E-state index contributed by atoms with van der Waals surface area (Å²) in [5.41, 5.74) is 9.64. The normalized spacial score (nSPS) is 16.7. The molecule has 1 aliphatic rings. The number of nitrogens with two attached hydrogens (primary N) is 1. The molecule has 0 aliphatic carbocycles. The monoisotopic (exact) mass is 370 g/mol. The fourth-order valence-corrected chi connectivity index (χ4v) is 3.41. The van der Waals surface area contributed by atoms with Gasteiger partial charge in [0, 0.05) is 11.8 Å². The Hall–Kier alpha value is -3.09. The van der Waals surface area contributed by atoms with Crippen molar-refractivity contribution in [2.75, 3.05) is 5.73 Å². The van der Waals surface area contributed by atoms with Crippen LogP contribution in [0, 0.1) is 0 Å². The predicted molar refractivity (Wildman–Crippen MR) is 98.5 cm³/mol. The molecule has 2 N–H and O–H groups in total. The van der Waals surface area contributed by atoms with Gasteiger partial charge in [0.1, 0.15) is 5.82 Å². The summed E-state index contributed by atoms with van der Waals surface area (Å²) in [7, 11) is 0. The average Bonchev–Trinajstić information content (AvgIpc) is 3.06. The van der Waals surface area contributed by atoms with Crippen LogP contribution in [0.4, 0.5) is 19.0 Å². The number of nitrogen functional groups attached to an aromatic ring is 1. The van der Waals surface area contributed by atoms with Crippen molar-refractivity contribution in [1.82, 2.24) is 14.8 Å². The maximum Gasteiger partial charge on any atom is 0.416 e. The van der Waals surface area contributed by atoms with Crippen LogP contribution in [0.2, 0.25) is 0 Å². The predicted octanol–water partition coefficient (Wildman–Crippen LogP) is 5.05. The van der Waals surface area contributed by atoms with Gasteiger partial charge in [0.15, 0.2) is 0 Å². The average molecular weight is 370 g/mol. The van der Waals surface area contributed by atoms with E-state index in [0.29, 0.717) is 12.2 Å². The van der Waals surface area contributed by atoms with E-state index in [2.05, 4.69) is 10.1 Å². The van der Waals surface area contributed by atoms with Crippen molar-refractivity contribution in [3.8, 4) is 11.1 Å². The smallest absolute Gasteiger partial charge is 0.384 e. The molecule has 0 fully saturated rings. The molecule has 0 spiro atoms. The number of rotatable bonds is 2. The lowest BCUT2D eigenvalue weighted by Gasteiger charge is -2.23. The Balaban J connectivity index is 1.76. The number of alkyl halides is 3. The van der Waals surface area contributed by atoms with Gasteiger partial charge in [0.25, 0.3) is 0 Å². The molecule has 7 heteroatoms. The van der Waals surface area contributed by atoms with E-state index >= 15 is 0 Å². The number of allylic oxidation sites excluding steroid dienone is 1. The maximum absolute atomic E-state index is 12.8. The first-order valence-electron chi connectivity index (χ1n) is 8.50. The lowest BCUT2D eigenvalue weighted by atomic mass is 9.93. The van der Waals surface area contributed by atoms with E-state index in [4.69, 9.17) is 5.73 Å². The first-order chi connectivity index (χ1) is 12.8. The first-order valence-corrected chi connectivity index (χ1v) is 8.50. The Morgan fingerprint density at radius 2 is 1.85 bits per heavy atom. The molecule has 2 aromatic heterocycles. The van der Waals surface area contributed by atoms with Gasteiger partial charge in [0.2, 0.25) is 0 Å². The van der Waals surface area contributed by atoms with Crippen LogP contribution in [0.1, 0.15) is 36.2 Å². The Morgan fingerprint density at radius 1 is 1.11 bits per heavy atom. The van der Waals surface area contributed by atoms with Gasteiger partial charge < -0.3 is 5.73 Å². The second-order valence-electron chi connectivity index (χ2n) is 6.66. The van der Waals surface area contributed by atoms with Crippen LogP contribution in [-0.2, 0) is 6.18 Å². The zero-order chi connectivity index (χ0) is 19.2. The topological polar surface area (TPSA) is 56.7 Å². The molecule has 0 radical (unpaired) electrons. The number of benzene rings is 1. The number of nitrogens with zero attached hydrogens (tertiary/aromatic N) is 3. The van der Waals surface area contributed by atoms with Crippen molar-refractivity contribution in [2.24, 2.45) is 0 Å². The van der Waals surface area contributed by atoms with Crippen molar-refractivity contribution < 1.29 is 13.2 Å². The molecule has 1 aromatic carbocycles. The molecule has 27 heavy (non-hydrogen) atoms. The van der Waals surface area contributed by atoms with Crippen molar-refractivity contribution in [1.29, 1.82) is 0 Å². The van der Waals surface area contributed by atoms with Crippen LogP contribution in [0.15, 0.2) is 48.8 Å². The van der Waals surface area contributed by atoms with E-state index in [9.17, 15) is 13.2 Å². The fraction of sp³-hybridized carbons (Fsp3) is 0.200. The fourth-order valence-electron chi connectivity index (χ4n) is 3.41. The van der Waals surface area contributed by atoms with Crippen LogP contribution < -0.4 is 5.73 Å². The summed E-state index contributed by atoms with van der Waals surface area (Å²) >= 11 is 0. The van der Waals surface area contributed by atoms with Gasteiger partial charge in [-0.25, -0.2) is 4.98 Å². The molecule has 0 amide bonds. The summed E-state index contributed by atoms with van der Waals surface area (Å²) in [6.07, 6.45) is 1.77. The van der Waals surface area contributed by atoms with Crippen molar-refractivity contribution in [3.63, 3.8) is 0 Å². The van der Waals surface area contributed by atoms with Crippen LogP contribution >= 0.6 is 0 Å². The van der Waals surface area contributed by atoms with E-state index in [0.717, 1.165) is 40.1 Å². The SMILES string of the molecule is C[C@H]1CC(c2ccc(C(F)(F)F)cc2)=Cc2c(-c3ccnc(N)c3)cnn21. The van der Waals surface area contributed by atoms with E-state index in [1.807, 2.05) is 23.7 Å². The van der Waals surface area contributed by atoms with E-state index < -0.39 is 11.7 Å². The molecule has 138 valence electrons. The number of halogens is 3. The minimum atomic E-state index is -4.33. The summed E-state index contributed by atoms with van der Waals surface area (Å²) in [6, 6.07) is 9.03. The molecular weight excluding hydrogens is 353 g/mol. The third-order valence-corrected chi connectivity index (χ3v) is 4.75. The molecule has 4 rings (SSSR count). The van der Waals surface area contributed by atoms with Gasteiger partial charge in [-0.05, 0) is 60.4 Å². The van der Waals surface area contributed by atoms with Gasteiger partial charge in [-0.3, -0.25) is 4.68 Å². The molecule has 1 atom stereocenters. The van der Waals surface area contributed by atoms with Crippen LogP contribution in [-0.4, -0.2) is 14.8 Å². The lowest BCUT2D eigenvalue weighted by molar-refractivity contribution is -0.137. The highest BCUT2D eigenvalue weighted by molar-refractivity contribution is 5.87. The second kappa shape index (κ2) is 6.26. The van der Waals surface area contributed by atoms with Gasteiger partial charge in [-0.15, -0.1) is 0 Å². The number of pyridine rings is 1. The molecule has 3 aromatic rings. The van der Waals surface area contributed by atoms with Crippen molar-refractivity contribution in [3.05, 3.63) is 65.6 Å². The van der Waals surface area contributed by atoms with Crippen LogP contribution in [0.25, 0.3) is 22.8 Å². The largest absolute Gasteiger partial charge is 0.416 e. The Kier molecular flexibility index (Phi) is 4.02. The van der Waals surface area contributed by atoms with E-state index in [1.54, 1.807) is 18.5 Å². The zero-order valence-electron chi connectivity index (χ0n) is 14.5. The van der Waals surface area contributed by atoms with E-state index in [-0.39, 0.29) is 6.04 Å². The summed E-state index contributed by atoms with van der Waals surface area (Å²) in [4.78, 5) is 4.01.